The largest absolute Gasteiger partial charge is 0.497 e. The van der Waals surface area contributed by atoms with Gasteiger partial charge in [-0.3, -0.25) is 9.59 Å². The predicted octanol–water partition coefficient (Wildman–Crippen LogP) is 5.35. The molecule has 5 nitrogen and oxygen atoms in total. The van der Waals surface area contributed by atoms with Crippen molar-refractivity contribution in [2.45, 2.75) is 26.3 Å². The van der Waals surface area contributed by atoms with Gasteiger partial charge in [0.2, 0.25) is 5.76 Å². The minimum atomic E-state index is -0.649. The maximum atomic E-state index is 13.7. The van der Waals surface area contributed by atoms with E-state index in [2.05, 4.69) is 0 Å². The minimum absolute atomic E-state index is 0.0600. The lowest BCUT2D eigenvalue weighted by Crippen LogP contribution is -2.31. The van der Waals surface area contributed by atoms with E-state index >= 15 is 0 Å². The Morgan fingerprint density at radius 3 is 2.32 bits per heavy atom. The molecule has 6 heteroatoms. The van der Waals surface area contributed by atoms with E-state index in [0.29, 0.717) is 35.1 Å². The van der Waals surface area contributed by atoms with Crippen LogP contribution in [0.4, 0.5) is 4.39 Å². The Morgan fingerprint density at radius 1 is 0.971 bits per heavy atom. The van der Waals surface area contributed by atoms with Crippen LogP contribution in [-0.2, 0) is 6.42 Å². The van der Waals surface area contributed by atoms with Gasteiger partial charge in [-0.05, 0) is 78.9 Å². The number of fused-ring (bicyclic) bond motifs is 2. The average molecular weight is 458 g/mol. The van der Waals surface area contributed by atoms with Gasteiger partial charge in [0.25, 0.3) is 5.91 Å². The average Bonchev–Trinajstić information content (AvgIpc) is 3.11. The molecule has 172 valence electrons. The second-order valence-electron chi connectivity index (χ2n) is 8.66. The Labute approximate surface area is 196 Å². The van der Waals surface area contributed by atoms with Gasteiger partial charge in [-0.25, -0.2) is 4.39 Å². The monoisotopic (exact) mass is 457 g/mol. The maximum absolute atomic E-state index is 13.7. The molecular formula is C28H24FNO4. The number of amides is 1. The molecule has 1 aromatic heterocycles. The standard InChI is InChI=1S/C28H24FNO4/c1-16-14-22-23(15-17(16)2)34-27-24(26(22)31)25(19-6-8-20(29)9-7-19)30(28(27)32)13-12-18-4-10-21(33-3)11-5-18/h4-11,14-15,25H,12-13H2,1-3H3/t25-/m1/s1. The van der Waals surface area contributed by atoms with Crippen LogP contribution in [0, 0.1) is 19.7 Å². The number of halogens is 1. The van der Waals surface area contributed by atoms with Gasteiger partial charge in [0, 0.05) is 6.54 Å². The first-order chi connectivity index (χ1) is 16.4. The molecule has 0 bridgehead atoms. The van der Waals surface area contributed by atoms with Crippen LogP contribution in [0.2, 0.25) is 0 Å². The Balaban J connectivity index is 1.61. The number of benzene rings is 3. The Bertz CT molecular complexity index is 1460. The molecule has 34 heavy (non-hydrogen) atoms. The summed E-state index contributed by atoms with van der Waals surface area (Å²) in [6.45, 7) is 4.24. The van der Waals surface area contributed by atoms with E-state index in [1.54, 1.807) is 30.2 Å². The predicted molar refractivity (Wildman–Crippen MR) is 128 cm³/mol. The van der Waals surface area contributed by atoms with Crippen molar-refractivity contribution in [2.24, 2.45) is 0 Å². The number of carbonyl (C=O) groups is 1. The van der Waals surface area contributed by atoms with E-state index in [-0.39, 0.29) is 22.9 Å². The second-order valence-corrected chi connectivity index (χ2v) is 8.66. The number of aryl methyl sites for hydroxylation is 2. The van der Waals surface area contributed by atoms with Crippen LogP contribution < -0.4 is 10.2 Å². The fraction of sp³-hybridized carbons (Fsp3) is 0.214. The van der Waals surface area contributed by atoms with E-state index in [1.165, 1.54) is 12.1 Å². The smallest absolute Gasteiger partial charge is 0.290 e. The van der Waals surface area contributed by atoms with Crippen LogP contribution in [0.5, 0.6) is 5.75 Å². The Morgan fingerprint density at radius 2 is 1.65 bits per heavy atom. The summed E-state index contributed by atoms with van der Waals surface area (Å²) >= 11 is 0. The summed E-state index contributed by atoms with van der Waals surface area (Å²) in [5, 5.41) is 0.443. The fourth-order valence-electron chi connectivity index (χ4n) is 4.54. The minimum Gasteiger partial charge on any atom is -0.497 e. The van der Waals surface area contributed by atoms with Crippen LogP contribution in [0.25, 0.3) is 11.0 Å². The highest BCUT2D eigenvalue weighted by Gasteiger charge is 2.42. The molecule has 4 aromatic rings. The van der Waals surface area contributed by atoms with Gasteiger partial charge in [-0.2, -0.15) is 0 Å². The highest BCUT2D eigenvalue weighted by atomic mass is 19.1. The van der Waals surface area contributed by atoms with Gasteiger partial charge in [-0.1, -0.05) is 24.3 Å². The zero-order chi connectivity index (χ0) is 24.0. The number of rotatable bonds is 5. The van der Waals surface area contributed by atoms with Crippen LogP contribution in [0.1, 0.15) is 44.4 Å². The van der Waals surface area contributed by atoms with Crippen molar-refractivity contribution in [1.29, 1.82) is 0 Å². The number of ether oxygens (including phenoxy) is 1. The summed E-state index contributed by atoms with van der Waals surface area (Å²) in [5.41, 5.74) is 4.12. The fourth-order valence-corrected chi connectivity index (χ4v) is 4.54. The van der Waals surface area contributed by atoms with Gasteiger partial charge >= 0.3 is 0 Å². The van der Waals surface area contributed by atoms with Crippen molar-refractivity contribution >= 4 is 16.9 Å². The zero-order valence-corrected chi connectivity index (χ0v) is 19.2. The molecular weight excluding hydrogens is 433 g/mol. The molecule has 0 spiro atoms. The first-order valence-electron chi connectivity index (χ1n) is 11.1. The molecule has 1 aliphatic heterocycles. The van der Waals surface area contributed by atoms with Gasteiger partial charge in [0.15, 0.2) is 5.43 Å². The lowest BCUT2D eigenvalue weighted by atomic mass is 9.97. The zero-order valence-electron chi connectivity index (χ0n) is 19.2. The van der Waals surface area contributed by atoms with Crippen molar-refractivity contribution in [3.8, 4) is 5.75 Å². The van der Waals surface area contributed by atoms with E-state index in [0.717, 1.165) is 22.4 Å². The van der Waals surface area contributed by atoms with Crippen LogP contribution in [-0.4, -0.2) is 24.5 Å². The van der Waals surface area contributed by atoms with E-state index in [4.69, 9.17) is 9.15 Å². The number of methoxy groups -OCH3 is 1. The van der Waals surface area contributed by atoms with Crippen LogP contribution in [0.15, 0.2) is 69.9 Å². The third kappa shape index (κ3) is 3.65. The van der Waals surface area contributed by atoms with E-state index in [1.807, 2.05) is 44.2 Å². The lowest BCUT2D eigenvalue weighted by Gasteiger charge is -2.25. The van der Waals surface area contributed by atoms with Crippen molar-refractivity contribution < 1.29 is 18.3 Å². The molecule has 1 atom stereocenters. The molecule has 0 saturated heterocycles. The van der Waals surface area contributed by atoms with E-state index < -0.39 is 6.04 Å². The molecule has 2 heterocycles. The van der Waals surface area contributed by atoms with Crippen molar-refractivity contribution in [1.82, 2.24) is 4.90 Å². The van der Waals surface area contributed by atoms with Crippen LogP contribution in [0.3, 0.4) is 0 Å². The summed E-state index contributed by atoms with van der Waals surface area (Å²) < 4.78 is 24.9. The highest BCUT2D eigenvalue weighted by Crippen LogP contribution is 2.38. The molecule has 1 amide bonds. The summed E-state index contributed by atoms with van der Waals surface area (Å²) in [4.78, 5) is 28.8. The van der Waals surface area contributed by atoms with Crippen molar-refractivity contribution in [3.05, 3.63) is 110 Å². The third-order valence-electron chi connectivity index (χ3n) is 6.57. The summed E-state index contributed by atoms with van der Waals surface area (Å²) in [7, 11) is 1.61. The third-order valence-corrected chi connectivity index (χ3v) is 6.57. The number of hydrogen-bond donors (Lipinski definition) is 0. The molecule has 0 fully saturated rings. The SMILES string of the molecule is COc1ccc(CCN2C(=O)c3oc4cc(C)c(C)cc4c(=O)c3[C@H]2c2ccc(F)cc2)cc1. The van der Waals surface area contributed by atoms with Crippen LogP contribution >= 0.6 is 0 Å². The second kappa shape index (κ2) is 8.45. The number of nitrogens with zero attached hydrogens (tertiary/aromatic N) is 1. The van der Waals surface area contributed by atoms with Gasteiger partial charge in [0.05, 0.1) is 24.1 Å². The van der Waals surface area contributed by atoms with E-state index in [9.17, 15) is 14.0 Å². The number of carbonyl (C=O) groups excluding carboxylic acids is 1. The molecule has 1 aliphatic rings. The molecule has 0 saturated carbocycles. The molecule has 0 radical (unpaired) electrons. The normalized spacial score (nSPS) is 15.1. The molecule has 0 aliphatic carbocycles. The summed E-state index contributed by atoms with van der Waals surface area (Å²) in [5.74, 6) is 0.0965. The molecule has 0 unspecified atom stereocenters. The number of hydrogen-bond acceptors (Lipinski definition) is 4. The Kier molecular flexibility index (Phi) is 5.44. The molecule has 5 rings (SSSR count). The van der Waals surface area contributed by atoms with Crippen molar-refractivity contribution in [2.75, 3.05) is 13.7 Å². The topological polar surface area (TPSA) is 59.8 Å². The molecule has 3 aromatic carbocycles. The quantitative estimate of drug-likeness (QED) is 0.406. The first-order valence-corrected chi connectivity index (χ1v) is 11.1. The van der Waals surface area contributed by atoms with Gasteiger partial charge in [0.1, 0.15) is 17.1 Å². The lowest BCUT2D eigenvalue weighted by molar-refractivity contribution is 0.0730. The van der Waals surface area contributed by atoms with Crippen molar-refractivity contribution in [3.63, 3.8) is 0 Å². The highest BCUT2D eigenvalue weighted by molar-refractivity contribution is 5.99. The maximum Gasteiger partial charge on any atom is 0.290 e. The van der Waals surface area contributed by atoms with Gasteiger partial charge in [-0.15, -0.1) is 0 Å². The first kappa shape index (κ1) is 21.9. The summed E-state index contributed by atoms with van der Waals surface area (Å²) in [6.07, 6.45) is 0.577. The van der Waals surface area contributed by atoms with Gasteiger partial charge < -0.3 is 14.1 Å². The Hall–Kier alpha value is -3.93. The molecule has 0 N–H and O–H groups in total. The summed E-state index contributed by atoms with van der Waals surface area (Å²) in [6, 6.07) is 16.5.